The maximum Gasteiger partial charge on any atom is 0.270 e. The molecule has 2 aliphatic heterocycles. The molecule has 4 rings (SSSR count). The Kier molecular flexibility index (Phi) is 4.17. The summed E-state index contributed by atoms with van der Waals surface area (Å²) in [5.74, 6) is 1.20. The first kappa shape index (κ1) is 16.1. The number of carbonyl (C=O) groups is 1. The topological polar surface area (TPSA) is 72.3 Å². The predicted molar refractivity (Wildman–Crippen MR) is 93.2 cm³/mol. The summed E-state index contributed by atoms with van der Waals surface area (Å²) >= 11 is 0. The van der Waals surface area contributed by atoms with Crippen molar-refractivity contribution in [2.45, 2.75) is 18.4 Å². The number of rotatable bonds is 4. The molecule has 7 heteroatoms. The minimum absolute atomic E-state index is 0.0896. The smallest absolute Gasteiger partial charge is 0.270 e. The van der Waals surface area contributed by atoms with Gasteiger partial charge in [-0.15, -0.1) is 0 Å². The van der Waals surface area contributed by atoms with E-state index in [1.165, 1.54) is 0 Å². The first-order chi connectivity index (χ1) is 12.2. The summed E-state index contributed by atoms with van der Waals surface area (Å²) in [5, 5.41) is 3.26. The Labute approximate surface area is 147 Å². The lowest BCUT2D eigenvalue weighted by Crippen LogP contribution is -2.66. The molecule has 1 unspecified atom stereocenters. The Balaban J connectivity index is 1.24. The molecular weight excluding hydrogens is 318 g/mol. The van der Waals surface area contributed by atoms with Crippen molar-refractivity contribution in [3.05, 3.63) is 42.5 Å². The van der Waals surface area contributed by atoms with E-state index in [4.69, 9.17) is 4.74 Å². The molecule has 132 valence electrons. The third-order valence-electron chi connectivity index (χ3n) is 5.16. The van der Waals surface area contributed by atoms with Crippen LogP contribution in [0.5, 0.6) is 0 Å². The summed E-state index contributed by atoms with van der Waals surface area (Å²) in [6.07, 6.45) is 7.44. The molecule has 0 saturated carbocycles. The maximum atomic E-state index is 12.5. The number of aromatic nitrogens is 3. The summed E-state index contributed by atoms with van der Waals surface area (Å²) in [4.78, 5) is 22.7. The van der Waals surface area contributed by atoms with Crippen molar-refractivity contribution in [3.8, 4) is 0 Å². The fourth-order valence-electron chi connectivity index (χ4n) is 3.59. The fraction of sp³-hybridized carbons (Fsp3) is 0.500. The molecular formula is C18H23N5O2. The van der Waals surface area contributed by atoms with Crippen LogP contribution >= 0.6 is 0 Å². The van der Waals surface area contributed by atoms with Gasteiger partial charge in [0.05, 0.1) is 19.7 Å². The van der Waals surface area contributed by atoms with Gasteiger partial charge < -0.3 is 19.5 Å². The van der Waals surface area contributed by atoms with E-state index < -0.39 is 0 Å². The third kappa shape index (κ3) is 3.24. The molecule has 0 aromatic carbocycles. The first-order valence-corrected chi connectivity index (χ1v) is 8.71. The number of likely N-dealkylation sites (tertiary alicyclic amines) is 1. The Morgan fingerprint density at radius 3 is 2.80 bits per heavy atom. The third-order valence-corrected chi connectivity index (χ3v) is 5.16. The molecule has 2 aromatic rings. The van der Waals surface area contributed by atoms with Gasteiger partial charge >= 0.3 is 0 Å². The summed E-state index contributed by atoms with van der Waals surface area (Å²) in [6.45, 7) is 2.91. The lowest BCUT2D eigenvalue weighted by molar-refractivity contribution is -0.165. The molecule has 1 amide bonds. The summed E-state index contributed by atoms with van der Waals surface area (Å²) in [6, 6.07) is 5.56. The number of amides is 1. The second-order valence-electron chi connectivity index (χ2n) is 7.02. The number of aryl methyl sites for hydroxylation is 1. The second-order valence-corrected chi connectivity index (χ2v) is 7.02. The van der Waals surface area contributed by atoms with Crippen molar-refractivity contribution in [2.75, 3.05) is 31.6 Å². The molecule has 25 heavy (non-hydrogen) atoms. The van der Waals surface area contributed by atoms with Gasteiger partial charge in [0.1, 0.15) is 11.3 Å². The van der Waals surface area contributed by atoms with Crippen LogP contribution < -0.4 is 5.32 Å². The molecule has 7 nitrogen and oxygen atoms in total. The molecule has 0 aliphatic carbocycles. The summed E-state index contributed by atoms with van der Waals surface area (Å²) in [7, 11) is 1.90. The molecule has 0 bridgehead atoms. The highest BCUT2D eigenvalue weighted by atomic mass is 16.5. The average molecular weight is 341 g/mol. The van der Waals surface area contributed by atoms with Gasteiger partial charge in [-0.3, -0.25) is 4.79 Å². The minimum atomic E-state index is -0.138. The van der Waals surface area contributed by atoms with Crippen molar-refractivity contribution in [3.63, 3.8) is 0 Å². The van der Waals surface area contributed by atoms with Crippen LogP contribution in [0, 0.1) is 5.92 Å². The molecule has 4 heterocycles. The van der Waals surface area contributed by atoms with Gasteiger partial charge in [0, 0.05) is 32.2 Å². The first-order valence-electron chi connectivity index (χ1n) is 8.71. The molecule has 2 aliphatic rings. The number of hydrogen-bond acceptors (Lipinski definition) is 5. The average Bonchev–Trinajstić information content (AvgIpc) is 3.05. The van der Waals surface area contributed by atoms with Gasteiger partial charge in [0.15, 0.2) is 0 Å². The van der Waals surface area contributed by atoms with E-state index >= 15 is 0 Å². The normalized spacial score (nSPS) is 21.8. The molecule has 1 spiro atoms. The minimum Gasteiger partial charge on any atom is -0.371 e. The SMILES string of the molecule is Cn1cccc1C(=O)N1CC2(CCC(CNc3ncccn3)CO2)C1. The quantitative estimate of drug-likeness (QED) is 0.913. The van der Waals surface area contributed by atoms with Crippen molar-refractivity contribution >= 4 is 11.9 Å². The predicted octanol–water partition coefficient (Wildman–Crippen LogP) is 1.55. The van der Waals surface area contributed by atoms with Crippen molar-refractivity contribution in [1.82, 2.24) is 19.4 Å². The fourth-order valence-corrected chi connectivity index (χ4v) is 3.59. The van der Waals surface area contributed by atoms with Crippen LogP contribution in [0.15, 0.2) is 36.8 Å². The highest BCUT2D eigenvalue weighted by Gasteiger charge is 2.48. The molecule has 0 radical (unpaired) electrons. The largest absolute Gasteiger partial charge is 0.371 e. The zero-order chi connectivity index (χ0) is 17.3. The number of nitrogens with one attached hydrogen (secondary N) is 1. The maximum absolute atomic E-state index is 12.5. The van der Waals surface area contributed by atoms with E-state index in [1.54, 1.807) is 18.5 Å². The molecule has 2 saturated heterocycles. The van der Waals surface area contributed by atoms with Gasteiger partial charge in [-0.2, -0.15) is 0 Å². The highest BCUT2D eigenvalue weighted by Crippen LogP contribution is 2.36. The number of nitrogens with zero attached hydrogens (tertiary/aromatic N) is 4. The highest BCUT2D eigenvalue weighted by molar-refractivity contribution is 5.93. The van der Waals surface area contributed by atoms with Crippen molar-refractivity contribution in [2.24, 2.45) is 13.0 Å². The van der Waals surface area contributed by atoms with Crippen molar-refractivity contribution in [1.29, 1.82) is 0 Å². The Morgan fingerprint density at radius 1 is 1.36 bits per heavy atom. The lowest BCUT2D eigenvalue weighted by atomic mass is 9.82. The second kappa shape index (κ2) is 6.48. The standard InChI is InChI=1S/C18H23N5O2/c1-22-9-2-4-15(22)16(24)23-12-18(13-23)6-5-14(11-25-18)10-21-17-19-7-3-8-20-17/h2-4,7-9,14H,5-6,10-13H2,1H3,(H,19,20,21). The van der Waals surface area contributed by atoms with E-state index in [1.807, 2.05) is 34.8 Å². The van der Waals surface area contributed by atoms with E-state index in [-0.39, 0.29) is 11.5 Å². The Bertz CT molecular complexity index is 729. The molecule has 2 aromatic heterocycles. The monoisotopic (exact) mass is 341 g/mol. The van der Waals surface area contributed by atoms with Gasteiger partial charge in [-0.05, 0) is 37.0 Å². The summed E-state index contributed by atoms with van der Waals surface area (Å²) in [5.41, 5.74) is 0.594. The molecule has 1 N–H and O–H groups in total. The van der Waals surface area contributed by atoms with Crippen LogP contribution in [-0.4, -0.2) is 57.2 Å². The van der Waals surface area contributed by atoms with Gasteiger partial charge in [0.25, 0.3) is 5.91 Å². The molecule has 2 fully saturated rings. The Morgan fingerprint density at radius 2 is 2.16 bits per heavy atom. The van der Waals surface area contributed by atoms with E-state index in [0.29, 0.717) is 31.6 Å². The van der Waals surface area contributed by atoms with E-state index in [0.717, 1.165) is 25.1 Å². The Hall–Kier alpha value is -2.41. The van der Waals surface area contributed by atoms with Gasteiger partial charge in [-0.25, -0.2) is 9.97 Å². The summed E-state index contributed by atoms with van der Waals surface area (Å²) < 4.78 is 8.01. The number of ether oxygens (including phenoxy) is 1. The zero-order valence-corrected chi connectivity index (χ0v) is 14.4. The molecule has 1 atom stereocenters. The van der Waals surface area contributed by atoms with Gasteiger partial charge in [0.2, 0.25) is 5.95 Å². The van der Waals surface area contributed by atoms with Crippen LogP contribution in [0.2, 0.25) is 0 Å². The zero-order valence-electron chi connectivity index (χ0n) is 14.4. The van der Waals surface area contributed by atoms with Crippen LogP contribution in [0.1, 0.15) is 23.3 Å². The lowest BCUT2D eigenvalue weighted by Gasteiger charge is -2.52. The van der Waals surface area contributed by atoms with Crippen LogP contribution in [0.4, 0.5) is 5.95 Å². The van der Waals surface area contributed by atoms with E-state index in [9.17, 15) is 4.79 Å². The number of anilines is 1. The van der Waals surface area contributed by atoms with Crippen LogP contribution in [0.25, 0.3) is 0 Å². The van der Waals surface area contributed by atoms with Crippen LogP contribution in [0.3, 0.4) is 0 Å². The van der Waals surface area contributed by atoms with Crippen LogP contribution in [-0.2, 0) is 11.8 Å². The van der Waals surface area contributed by atoms with E-state index in [2.05, 4.69) is 15.3 Å². The van der Waals surface area contributed by atoms with Crippen molar-refractivity contribution < 1.29 is 9.53 Å². The number of hydrogen-bond donors (Lipinski definition) is 1. The number of carbonyl (C=O) groups excluding carboxylic acids is 1. The van der Waals surface area contributed by atoms with Gasteiger partial charge in [-0.1, -0.05) is 0 Å².